The Morgan fingerprint density at radius 1 is 1.21 bits per heavy atom. The first-order valence-electron chi connectivity index (χ1n) is 6.57. The van der Waals surface area contributed by atoms with Crippen molar-refractivity contribution in [1.82, 2.24) is 0 Å². The summed E-state index contributed by atoms with van der Waals surface area (Å²) >= 11 is 0. The summed E-state index contributed by atoms with van der Waals surface area (Å²) in [6.07, 6.45) is -4.55. The predicted molar refractivity (Wildman–Crippen MR) is 79.5 cm³/mol. The highest BCUT2D eigenvalue weighted by Gasteiger charge is 2.33. The zero-order valence-corrected chi connectivity index (χ0v) is 12.2. The third-order valence-electron chi connectivity index (χ3n) is 3.35. The van der Waals surface area contributed by atoms with E-state index in [1.165, 1.54) is 19.1 Å². The first-order valence-corrected chi connectivity index (χ1v) is 6.57. The van der Waals surface area contributed by atoms with Crippen molar-refractivity contribution in [3.8, 4) is 0 Å². The lowest BCUT2D eigenvalue weighted by atomic mass is 10.1. The van der Waals surface area contributed by atoms with Crippen molar-refractivity contribution >= 4 is 23.0 Å². The van der Waals surface area contributed by atoms with E-state index in [-0.39, 0.29) is 16.9 Å². The van der Waals surface area contributed by atoms with Crippen LogP contribution in [0.1, 0.15) is 21.5 Å². The molecule has 0 radical (unpaired) electrons. The highest BCUT2D eigenvalue weighted by atomic mass is 19.4. The lowest BCUT2D eigenvalue weighted by molar-refractivity contribution is -0.384. The van der Waals surface area contributed by atoms with Crippen LogP contribution < -0.4 is 5.32 Å². The SMILES string of the molecule is Cc1c(Nc2ccc([N+](=O)[O-])cc2C(=O)O)cccc1C(F)(F)F. The van der Waals surface area contributed by atoms with Crippen molar-refractivity contribution in [2.45, 2.75) is 13.1 Å². The van der Waals surface area contributed by atoms with E-state index in [2.05, 4.69) is 5.32 Å². The Kier molecular flexibility index (Phi) is 4.45. The van der Waals surface area contributed by atoms with Gasteiger partial charge in [0.25, 0.3) is 5.69 Å². The van der Waals surface area contributed by atoms with Crippen LogP contribution in [0.3, 0.4) is 0 Å². The standard InChI is InChI=1S/C15H11F3N2O4/c1-8-11(15(16,17)18)3-2-4-12(8)19-13-6-5-9(20(23)24)7-10(13)14(21)22/h2-7,19H,1H3,(H,21,22). The van der Waals surface area contributed by atoms with Gasteiger partial charge in [-0.05, 0) is 30.7 Å². The van der Waals surface area contributed by atoms with Crippen LogP contribution in [0.5, 0.6) is 0 Å². The number of alkyl halides is 3. The maximum Gasteiger partial charge on any atom is 0.416 e. The van der Waals surface area contributed by atoms with E-state index < -0.39 is 33.9 Å². The van der Waals surface area contributed by atoms with Gasteiger partial charge in [-0.3, -0.25) is 10.1 Å². The van der Waals surface area contributed by atoms with Crippen molar-refractivity contribution in [2.75, 3.05) is 5.32 Å². The number of hydrogen-bond donors (Lipinski definition) is 2. The largest absolute Gasteiger partial charge is 0.478 e. The molecule has 0 aliphatic rings. The van der Waals surface area contributed by atoms with Crippen molar-refractivity contribution in [3.05, 3.63) is 63.2 Å². The molecule has 0 bridgehead atoms. The average molecular weight is 340 g/mol. The Morgan fingerprint density at radius 3 is 2.42 bits per heavy atom. The summed E-state index contributed by atoms with van der Waals surface area (Å²) in [5, 5.41) is 22.5. The minimum atomic E-state index is -4.55. The highest BCUT2D eigenvalue weighted by molar-refractivity contribution is 5.96. The van der Waals surface area contributed by atoms with Crippen LogP contribution in [0.25, 0.3) is 0 Å². The first-order chi connectivity index (χ1) is 11.1. The van der Waals surface area contributed by atoms with Gasteiger partial charge in [0.2, 0.25) is 0 Å². The number of anilines is 2. The number of benzene rings is 2. The fourth-order valence-corrected chi connectivity index (χ4v) is 2.15. The summed E-state index contributed by atoms with van der Waals surface area (Å²) in [5.74, 6) is -1.44. The molecular weight excluding hydrogens is 329 g/mol. The fourth-order valence-electron chi connectivity index (χ4n) is 2.15. The maximum absolute atomic E-state index is 12.9. The number of carboxylic acids is 1. The molecule has 0 saturated carbocycles. The number of nitrogens with one attached hydrogen (secondary N) is 1. The Bertz CT molecular complexity index is 819. The molecule has 2 rings (SSSR count). The molecule has 0 fully saturated rings. The molecule has 2 N–H and O–H groups in total. The average Bonchev–Trinajstić information content (AvgIpc) is 2.48. The number of halogens is 3. The van der Waals surface area contributed by atoms with Crippen molar-refractivity contribution in [2.24, 2.45) is 0 Å². The van der Waals surface area contributed by atoms with Gasteiger partial charge in [-0.2, -0.15) is 13.2 Å². The van der Waals surface area contributed by atoms with E-state index in [9.17, 15) is 28.1 Å². The zero-order valence-electron chi connectivity index (χ0n) is 12.2. The van der Waals surface area contributed by atoms with Crippen molar-refractivity contribution in [3.63, 3.8) is 0 Å². The van der Waals surface area contributed by atoms with E-state index in [4.69, 9.17) is 5.11 Å². The molecule has 0 aromatic heterocycles. The third kappa shape index (κ3) is 3.45. The van der Waals surface area contributed by atoms with E-state index >= 15 is 0 Å². The molecule has 0 amide bonds. The smallest absolute Gasteiger partial charge is 0.416 e. The van der Waals surface area contributed by atoms with Gasteiger partial charge in [-0.1, -0.05) is 6.07 Å². The fraction of sp³-hybridized carbons (Fsp3) is 0.133. The monoisotopic (exact) mass is 340 g/mol. The van der Waals surface area contributed by atoms with Gasteiger partial charge in [-0.15, -0.1) is 0 Å². The molecule has 0 unspecified atom stereocenters. The summed E-state index contributed by atoms with van der Waals surface area (Å²) in [7, 11) is 0. The number of hydrogen-bond acceptors (Lipinski definition) is 4. The number of aromatic carboxylic acids is 1. The highest BCUT2D eigenvalue weighted by Crippen LogP contribution is 2.36. The lowest BCUT2D eigenvalue weighted by Gasteiger charge is -2.16. The van der Waals surface area contributed by atoms with Crippen LogP contribution in [0.2, 0.25) is 0 Å². The second-order valence-electron chi connectivity index (χ2n) is 4.89. The predicted octanol–water partition coefficient (Wildman–Crippen LogP) is 4.36. The van der Waals surface area contributed by atoms with E-state index in [1.807, 2.05) is 0 Å². The Hall–Kier alpha value is -3.10. The number of nitro groups is 1. The number of non-ortho nitro benzene ring substituents is 1. The topological polar surface area (TPSA) is 92.5 Å². The molecule has 2 aromatic carbocycles. The van der Waals surface area contributed by atoms with Crippen LogP contribution in [-0.2, 0) is 6.18 Å². The van der Waals surface area contributed by atoms with E-state index in [1.54, 1.807) is 0 Å². The summed E-state index contributed by atoms with van der Waals surface area (Å²) < 4.78 is 38.8. The second kappa shape index (κ2) is 6.19. The normalized spacial score (nSPS) is 11.2. The van der Waals surface area contributed by atoms with Gasteiger partial charge in [0.05, 0.1) is 21.7 Å². The van der Waals surface area contributed by atoms with E-state index in [0.29, 0.717) is 0 Å². The summed E-state index contributed by atoms with van der Waals surface area (Å²) in [6, 6.07) is 6.50. The zero-order chi connectivity index (χ0) is 18.1. The second-order valence-corrected chi connectivity index (χ2v) is 4.89. The first kappa shape index (κ1) is 17.3. The van der Waals surface area contributed by atoms with Crippen molar-refractivity contribution < 1.29 is 28.0 Å². The van der Waals surface area contributed by atoms with Gasteiger partial charge < -0.3 is 10.4 Å². The summed E-state index contributed by atoms with van der Waals surface area (Å²) in [6.45, 7) is 1.25. The molecule has 2 aromatic rings. The number of rotatable bonds is 4. The number of nitro benzene ring substituents is 1. The number of carbonyl (C=O) groups is 1. The van der Waals surface area contributed by atoms with Gasteiger partial charge in [0.1, 0.15) is 0 Å². The molecule has 6 nitrogen and oxygen atoms in total. The Morgan fingerprint density at radius 2 is 1.88 bits per heavy atom. The Balaban J connectivity index is 2.49. The van der Waals surface area contributed by atoms with E-state index in [0.717, 1.165) is 24.3 Å². The molecule has 0 spiro atoms. The summed E-state index contributed by atoms with van der Waals surface area (Å²) in [4.78, 5) is 21.2. The molecular formula is C15H11F3N2O4. The van der Waals surface area contributed by atoms with Gasteiger partial charge in [0.15, 0.2) is 0 Å². The lowest BCUT2D eigenvalue weighted by Crippen LogP contribution is -2.10. The minimum Gasteiger partial charge on any atom is -0.478 e. The number of carboxylic acid groups (broad SMARTS) is 1. The molecule has 126 valence electrons. The van der Waals surface area contributed by atoms with Crippen LogP contribution in [0.4, 0.5) is 30.2 Å². The molecule has 0 heterocycles. The molecule has 0 saturated heterocycles. The van der Waals surface area contributed by atoms with Gasteiger partial charge in [0, 0.05) is 17.8 Å². The maximum atomic E-state index is 12.9. The third-order valence-corrected chi connectivity index (χ3v) is 3.35. The van der Waals surface area contributed by atoms with Crippen LogP contribution in [0, 0.1) is 17.0 Å². The quantitative estimate of drug-likeness (QED) is 0.637. The van der Waals surface area contributed by atoms with Crippen LogP contribution in [0.15, 0.2) is 36.4 Å². The Labute approximate surface area is 133 Å². The molecule has 0 atom stereocenters. The van der Waals surface area contributed by atoms with Crippen LogP contribution >= 0.6 is 0 Å². The van der Waals surface area contributed by atoms with Gasteiger partial charge >= 0.3 is 12.1 Å². The van der Waals surface area contributed by atoms with Crippen LogP contribution in [-0.4, -0.2) is 16.0 Å². The van der Waals surface area contributed by atoms with Crippen molar-refractivity contribution in [1.29, 1.82) is 0 Å². The minimum absolute atomic E-state index is 0.0458. The molecule has 24 heavy (non-hydrogen) atoms. The molecule has 9 heteroatoms. The molecule has 0 aliphatic carbocycles. The summed E-state index contributed by atoms with van der Waals surface area (Å²) in [5.41, 5.74) is -1.80. The van der Waals surface area contributed by atoms with Gasteiger partial charge in [-0.25, -0.2) is 4.79 Å². The molecule has 0 aliphatic heterocycles. The number of nitrogens with zero attached hydrogens (tertiary/aromatic N) is 1.